The highest BCUT2D eigenvalue weighted by Gasteiger charge is 2.43. The molecule has 4 atom stereocenters. The van der Waals surface area contributed by atoms with E-state index in [0.717, 1.165) is 17.0 Å². The molecule has 0 aromatic heterocycles. The Hall–Kier alpha value is 0.230. The van der Waals surface area contributed by atoms with Gasteiger partial charge >= 0.3 is 0 Å². The molecular weight excluding hydrogens is 242 g/mol. The summed E-state index contributed by atoms with van der Waals surface area (Å²) in [6.07, 6.45) is 2.46. The maximum absolute atomic E-state index is 6.20. The molecule has 2 saturated heterocycles. The van der Waals surface area contributed by atoms with E-state index in [1.165, 1.54) is 32.5 Å². The summed E-state index contributed by atoms with van der Waals surface area (Å²) in [5.41, 5.74) is 6.46. The van der Waals surface area contributed by atoms with Gasteiger partial charge in [0.15, 0.2) is 0 Å². The predicted octanol–water partition coefficient (Wildman–Crippen LogP) is 1.62. The standard InChI is InChI=1S/C14H29N3S/c1-11-7-14(10-15,5-6-16(11)4)17-8-12(2)18-13(3)9-17/h11-13H,5-10,15H2,1-4H3. The second kappa shape index (κ2) is 5.70. The van der Waals surface area contributed by atoms with E-state index in [4.69, 9.17) is 5.73 Å². The van der Waals surface area contributed by atoms with E-state index in [1.54, 1.807) is 0 Å². The van der Waals surface area contributed by atoms with Crippen LogP contribution in [0.1, 0.15) is 33.6 Å². The monoisotopic (exact) mass is 271 g/mol. The summed E-state index contributed by atoms with van der Waals surface area (Å²) in [7, 11) is 2.24. The summed E-state index contributed by atoms with van der Waals surface area (Å²) < 4.78 is 0. The number of piperidine rings is 1. The van der Waals surface area contributed by atoms with E-state index in [-0.39, 0.29) is 5.54 Å². The van der Waals surface area contributed by atoms with Crippen molar-refractivity contribution in [3.8, 4) is 0 Å². The molecule has 106 valence electrons. The van der Waals surface area contributed by atoms with Crippen LogP contribution in [0.2, 0.25) is 0 Å². The average molecular weight is 271 g/mol. The molecule has 2 heterocycles. The topological polar surface area (TPSA) is 32.5 Å². The van der Waals surface area contributed by atoms with Crippen LogP contribution in [0.5, 0.6) is 0 Å². The normalized spacial score (nSPS) is 44.2. The number of hydrogen-bond donors (Lipinski definition) is 1. The minimum absolute atomic E-state index is 0.259. The molecule has 0 radical (unpaired) electrons. The highest BCUT2D eigenvalue weighted by atomic mass is 32.2. The van der Waals surface area contributed by atoms with Gasteiger partial charge in [-0.2, -0.15) is 11.8 Å². The molecule has 2 aliphatic rings. The van der Waals surface area contributed by atoms with Gasteiger partial charge in [0.25, 0.3) is 0 Å². The summed E-state index contributed by atoms with van der Waals surface area (Å²) in [6.45, 7) is 11.5. The molecule has 2 rings (SSSR count). The Labute approximate surface area is 116 Å². The first kappa shape index (κ1) is 14.6. The Balaban J connectivity index is 2.11. The summed E-state index contributed by atoms with van der Waals surface area (Å²) in [5.74, 6) is 0. The summed E-state index contributed by atoms with van der Waals surface area (Å²) in [6, 6.07) is 0.655. The van der Waals surface area contributed by atoms with Crippen molar-refractivity contribution in [1.82, 2.24) is 9.80 Å². The third kappa shape index (κ3) is 2.87. The molecule has 4 heteroatoms. The summed E-state index contributed by atoms with van der Waals surface area (Å²) in [4.78, 5) is 5.18. The Morgan fingerprint density at radius 2 is 1.83 bits per heavy atom. The SMILES string of the molecule is CC1CN(C2(CN)CCN(C)C(C)C2)CC(C)S1. The number of thioether (sulfide) groups is 1. The third-order valence-corrected chi connectivity index (χ3v) is 6.06. The smallest absolute Gasteiger partial charge is 0.0359 e. The van der Waals surface area contributed by atoms with Gasteiger partial charge in [-0.25, -0.2) is 0 Å². The average Bonchev–Trinajstić information content (AvgIpc) is 2.31. The number of likely N-dealkylation sites (tertiary alicyclic amines) is 1. The maximum atomic E-state index is 6.20. The van der Waals surface area contributed by atoms with Crippen molar-refractivity contribution < 1.29 is 0 Å². The molecule has 0 amide bonds. The quantitative estimate of drug-likeness (QED) is 0.827. The van der Waals surface area contributed by atoms with Crippen LogP contribution in [0, 0.1) is 0 Å². The van der Waals surface area contributed by atoms with Gasteiger partial charge in [-0.15, -0.1) is 0 Å². The minimum Gasteiger partial charge on any atom is -0.329 e. The van der Waals surface area contributed by atoms with Crippen molar-refractivity contribution in [3.05, 3.63) is 0 Å². The lowest BCUT2D eigenvalue weighted by atomic mass is 9.81. The molecule has 18 heavy (non-hydrogen) atoms. The van der Waals surface area contributed by atoms with Crippen molar-refractivity contribution in [2.45, 2.75) is 55.7 Å². The lowest BCUT2D eigenvalue weighted by Crippen LogP contribution is -2.64. The van der Waals surface area contributed by atoms with E-state index in [2.05, 4.69) is 49.4 Å². The van der Waals surface area contributed by atoms with Crippen LogP contribution in [0.15, 0.2) is 0 Å². The van der Waals surface area contributed by atoms with Crippen LogP contribution in [0.3, 0.4) is 0 Å². The van der Waals surface area contributed by atoms with Gasteiger partial charge in [-0.3, -0.25) is 4.90 Å². The van der Waals surface area contributed by atoms with Crippen LogP contribution >= 0.6 is 11.8 Å². The summed E-state index contributed by atoms with van der Waals surface area (Å²) in [5, 5.41) is 1.49. The molecular formula is C14H29N3S. The molecule has 0 saturated carbocycles. The van der Waals surface area contributed by atoms with Gasteiger partial charge in [0.2, 0.25) is 0 Å². The first-order valence-corrected chi connectivity index (χ1v) is 8.22. The second-order valence-electron chi connectivity index (χ2n) is 6.37. The molecule has 0 aliphatic carbocycles. The molecule has 4 unspecified atom stereocenters. The first-order chi connectivity index (χ1) is 8.47. The second-order valence-corrected chi connectivity index (χ2v) is 8.26. The van der Waals surface area contributed by atoms with Gasteiger partial charge in [-0.05, 0) is 33.4 Å². The first-order valence-electron chi connectivity index (χ1n) is 7.27. The lowest BCUT2D eigenvalue weighted by Gasteiger charge is -2.53. The van der Waals surface area contributed by atoms with Crippen LogP contribution in [0.4, 0.5) is 0 Å². The summed E-state index contributed by atoms with van der Waals surface area (Å²) >= 11 is 2.13. The molecule has 3 nitrogen and oxygen atoms in total. The molecule has 0 aromatic carbocycles. The van der Waals surface area contributed by atoms with Crippen molar-refractivity contribution in [1.29, 1.82) is 0 Å². The van der Waals surface area contributed by atoms with E-state index >= 15 is 0 Å². The molecule has 2 fully saturated rings. The molecule has 0 spiro atoms. The Kier molecular flexibility index (Phi) is 4.63. The van der Waals surface area contributed by atoms with Crippen molar-refractivity contribution in [2.75, 3.05) is 33.2 Å². The Morgan fingerprint density at radius 1 is 1.22 bits per heavy atom. The van der Waals surface area contributed by atoms with Crippen LogP contribution < -0.4 is 5.73 Å². The Bertz CT molecular complexity index is 276. The predicted molar refractivity (Wildman–Crippen MR) is 81.2 cm³/mol. The van der Waals surface area contributed by atoms with E-state index < -0.39 is 0 Å². The van der Waals surface area contributed by atoms with E-state index in [9.17, 15) is 0 Å². The largest absolute Gasteiger partial charge is 0.329 e. The number of nitrogens with two attached hydrogens (primary N) is 1. The zero-order chi connectivity index (χ0) is 13.3. The number of rotatable bonds is 2. The third-order valence-electron chi connectivity index (χ3n) is 4.83. The van der Waals surface area contributed by atoms with E-state index in [0.29, 0.717) is 6.04 Å². The molecule has 2 N–H and O–H groups in total. The highest BCUT2D eigenvalue weighted by molar-refractivity contribution is 8.00. The zero-order valence-corrected chi connectivity index (χ0v) is 13.2. The van der Waals surface area contributed by atoms with Crippen LogP contribution in [-0.4, -0.2) is 65.1 Å². The number of hydrogen-bond acceptors (Lipinski definition) is 4. The molecule has 2 aliphatic heterocycles. The van der Waals surface area contributed by atoms with Gasteiger partial charge in [0.1, 0.15) is 0 Å². The van der Waals surface area contributed by atoms with Crippen molar-refractivity contribution in [3.63, 3.8) is 0 Å². The maximum Gasteiger partial charge on any atom is 0.0359 e. The van der Waals surface area contributed by atoms with Crippen LogP contribution in [-0.2, 0) is 0 Å². The Morgan fingerprint density at radius 3 is 2.33 bits per heavy atom. The van der Waals surface area contributed by atoms with Gasteiger partial charge < -0.3 is 10.6 Å². The minimum atomic E-state index is 0.259. The molecule has 0 bridgehead atoms. The molecule has 0 aromatic rings. The number of nitrogens with zero attached hydrogens (tertiary/aromatic N) is 2. The van der Waals surface area contributed by atoms with Crippen LogP contribution in [0.25, 0.3) is 0 Å². The lowest BCUT2D eigenvalue weighted by molar-refractivity contribution is 0.00945. The zero-order valence-electron chi connectivity index (χ0n) is 12.4. The fourth-order valence-electron chi connectivity index (χ4n) is 3.58. The fraction of sp³-hybridized carbons (Fsp3) is 1.00. The highest BCUT2D eigenvalue weighted by Crippen LogP contribution is 2.36. The van der Waals surface area contributed by atoms with Crippen molar-refractivity contribution in [2.24, 2.45) is 5.73 Å². The van der Waals surface area contributed by atoms with Gasteiger partial charge in [-0.1, -0.05) is 13.8 Å². The van der Waals surface area contributed by atoms with E-state index in [1.807, 2.05) is 0 Å². The van der Waals surface area contributed by atoms with Crippen molar-refractivity contribution >= 4 is 11.8 Å². The van der Waals surface area contributed by atoms with Gasteiger partial charge in [0, 0.05) is 41.7 Å². The fourth-order valence-corrected chi connectivity index (χ4v) is 4.90. The van der Waals surface area contributed by atoms with Gasteiger partial charge in [0.05, 0.1) is 0 Å².